The number of aromatic nitrogens is 2. The fourth-order valence-electron chi connectivity index (χ4n) is 1.72. The maximum atomic E-state index is 11.8. The second-order valence-corrected chi connectivity index (χ2v) is 3.99. The highest BCUT2D eigenvalue weighted by atomic mass is 16.1. The van der Waals surface area contributed by atoms with Crippen LogP contribution in [-0.4, -0.2) is 15.7 Å². The predicted molar refractivity (Wildman–Crippen MR) is 66.7 cm³/mol. The summed E-state index contributed by atoms with van der Waals surface area (Å²) in [6.07, 6.45) is 0.340. The van der Waals surface area contributed by atoms with Gasteiger partial charge in [0.25, 0.3) is 0 Å². The van der Waals surface area contributed by atoms with Crippen molar-refractivity contribution in [2.45, 2.75) is 13.3 Å². The molecule has 0 aliphatic rings. The molecule has 4 heteroatoms. The molecule has 2 aromatic rings. The molecule has 0 unspecified atom stereocenters. The van der Waals surface area contributed by atoms with Crippen LogP contribution in [0.3, 0.4) is 0 Å². The van der Waals surface area contributed by atoms with Crippen molar-refractivity contribution in [3.05, 3.63) is 47.8 Å². The highest BCUT2D eigenvalue weighted by Crippen LogP contribution is 2.07. The quantitative estimate of drug-likeness (QED) is 0.874. The molecule has 17 heavy (non-hydrogen) atoms. The Kier molecular flexibility index (Phi) is 3.23. The lowest BCUT2D eigenvalue weighted by molar-refractivity contribution is -0.115. The number of carbonyl (C=O) groups is 1. The molecular formula is C13H15N3O. The van der Waals surface area contributed by atoms with Crippen molar-refractivity contribution in [2.24, 2.45) is 7.05 Å². The van der Waals surface area contributed by atoms with E-state index in [1.54, 1.807) is 4.68 Å². The van der Waals surface area contributed by atoms with Crippen molar-refractivity contribution in [2.75, 3.05) is 5.32 Å². The summed E-state index contributed by atoms with van der Waals surface area (Å²) in [5, 5.41) is 7.05. The summed E-state index contributed by atoms with van der Waals surface area (Å²) < 4.78 is 1.74. The molecule has 0 bridgehead atoms. The first-order chi connectivity index (χ1) is 8.15. The van der Waals surface area contributed by atoms with E-state index < -0.39 is 0 Å². The average Bonchev–Trinajstić information content (AvgIpc) is 2.58. The van der Waals surface area contributed by atoms with E-state index in [0.717, 1.165) is 17.1 Å². The minimum atomic E-state index is -0.0285. The molecule has 0 saturated carbocycles. The van der Waals surface area contributed by atoms with Gasteiger partial charge in [-0.05, 0) is 25.1 Å². The van der Waals surface area contributed by atoms with E-state index in [-0.39, 0.29) is 5.91 Å². The summed E-state index contributed by atoms with van der Waals surface area (Å²) in [5.74, 6) is -0.0285. The van der Waals surface area contributed by atoms with Crippen molar-refractivity contribution in [1.82, 2.24) is 9.78 Å². The molecule has 2 rings (SSSR count). The van der Waals surface area contributed by atoms with Crippen molar-refractivity contribution in [1.29, 1.82) is 0 Å². The van der Waals surface area contributed by atoms with Gasteiger partial charge in [-0.2, -0.15) is 5.10 Å². The van der Waals surface area contributed by atoms with Crippen LogP contribution in [0.1, 0.15) is 11.4 Å². The third-order valence-corrected chi connectivity index (χ3v) is 2.50. The molecule has 1 amide bonds. The number of hydrogen-bond acceptors (Lipinski definition) is 2. The van der Waals surface area contributed by atoms with Gasteiger partial charge in [0.15, 0.2) is 0 Å². The number of anilines is 1. The number of aryl methyl sites for hydroxylation is 2. The normalized spacial score (nSPS) is 10.2. The van der Waals surface area contributed by atoms with Gasteiger partial charge in [-0.3, -0.25) is 9.48 Å². The van der Waals surface area contributed by atoms with Gasteiger partial charge in [-0.15, -0.1) is 0 Å². The van der Waals surface area contributed by atoms with Crippen LogP contribution in [0.2, 0.25) is 0 Å². The molecule has 1 N–H and O–H groups in total. The monoisotopic (exact) mass is 229 g/mol. The van der Waals surface area contributed by atoms with Gasteiger partial charge in [-0.1, -0.05) is 18.2 Å². The molecule has 4 nitrogen and oxygen atoms in total. The highest BCUT2D eigenvalue weighted by Gasteiger charge is 2.08. The maximum absolute atomic E-state index is 11.8. The molecule has 0 atom stereocenters. The Bertz CT molecular complexity index is 517. The van der Waals surface area contributed by atoms with Crippen molar-refractivity contribution < 1.29 is 4.79 Å². The third kappa shape index (κ3) is 2.93. The van der Waals surface area contributed by atoms with Gasteiger partial charge in [0.05, 0.1) is 12.1 Å². The van der Waals surface area contributed by atoms with Gasteiger partial charge in [-0.25, -0.2) is 0 Å². The smallest absolute Gasteiger partial charge is 0.230 e. The topological polar surface area (TPSA) is 46.9 Å². The lowest BCUT2D eigenvalue weighted by atomic mass is 10.2. The van der Waals surface area contributed by atoms with E-state index in [9.17, 15) is 4.79 Å². The molecule has 1 aromatic heterocycles. The summed E-state index contributed by atoms with van der Waals surface area (Å²) in [4.78, 5) is 11.8. The average molecular weight is 229 g/mol. The van der Waals surface area contributed by atoms with Crippen LogP contribution >= 0.6 is 0 Å². The minimum absolute atomic E-state index is 0.0285. The number of para-hydroxylation sites is 1. The molecule has 1 heterocycles. The van der Waals surface area contributed by atoms with Crippen LogP contribution in [0.4, 0.5) is 5.69 Å². The fraction of sp³-hybridized carbons (Fsp3) is 0.231. The minimum Gasteiger partial charge on any atom is -0.326 e. The molecule has 0 aliphatic carbocycles. The van der Waals surface area contributed by atoms with Crippen LogP contribution in [0.5, 0.6) is 0 Å². The van der Waals surface area contributed by atoms with Crippen LogP contribution in [0, 0.1) is 6.92 Å². The number of benzene rings is 1. The maximum Gasteiger partial charge on any atom is 0.230 e. The van der Waals surface area contributed by atoms with E-state index >= 15 is 0 Å². The summed E-state index contributed by atoms with van der Waals surface area (Å²) >= 11 is 0. The van der Waals surface area contributed by atoms with Gasteiger partial charge in [0.2, 0.25) is 5.91 Å². The summed E-state index contributed by atoms with van der Waals surface area (Å²) in [5.41, 5.74) is 2.65. The van der Waals surface area contributed by atoms with Crippen molar-refractivity contribution in [3.8, 4) is 0 Å². The van der Waals surface area contributed by atoms with Crippen molar-refractivity contribution >= 4 is 11.6 Å². The summed E-state index contributed by atoms with van der Waals surface area (Å²) in [6, 6.07) is 11.4. The summed E-state index contributed by atoms with van der Waals surface area (Å²) in [6.45, 7) is 1.92. The van der Waals surface area contributed by atoms with Gasteiger partial charge >= 0.3 is 0 Å². The highest BCUT2D eigenvalue weighted by molar-refractivity contribution is 5.91. The molecule has 0 spiro atoms. The fourth-order valence-corrected chi connectivity index (χ4v) is 1.72. The first-order valence-corrected chi connectivity index (χ1v) is 5.49. The molecule has 0 aliphatic heterocycles. The van der Waals surface area contributed by atoms with Gasteiger partial charge in [0, 0.05) is 18.4 Å². The summed E-state index contributed by atoms with van der Waals surface area (Å²) in [7, 11) is 1.85. The lowest BCUT2D eigenvalue weighted by Gasteiger charge is -2.04. The number of nitrogens with zero attached hydrogens (tertiary/aromatic N) is 2. The van der Waals surface area contributed by atoms with E-state index in [0.29, 0.717) is 6.42 Å². The SMILES string of the molecule is Cc1cc(CC(=O)Nc2ccccc2)n(C)n1. The molecular weight excluding hydrogens is 214 g/mol. The lowest BCUT2D eigenvalue weighted by Crippen LogP contribution is -2.16. The standard InChI is InChI=1S/C13H15N3O/c1-10-8-12(16(2)15-10)9-13(17)14-11-6-4-3-5-7-11/h3-8H,9H2,1-2H3,(H,14,17). The Morgan fingerprint density at radius 2 is 2.06 bits per heavy atom. The van der Waals surface area contributed by atoms with Crippen LogP contribution in [-0.2, 0) is 18.3 Å². The van der Waals surface area contributed by atoms with E-state index in [4.69, 9.17) is 0 Å². The van der Waals surface area contributed by atoms with E-state index in [1.807, 2.05) is 50.4 Å². The number of hydrogen-bond donors (Lipinski definition) is 1. The zero-order valence-corrected chi connectivity index (χ0v) is 9.97. The molecule has 1 aromatic carbocycles. The van der Waals surface area contributed by atoms with Crippen LogP contribution < -0.4 is 5.32 Å². The number of carbonyl (C=O) groups excluding carboxylic acids is 1. The van der Waals surface area contributed by atoms with Gasteiger partial charge in [0.1, 0.15) is 0 Å². The Balaban J connectivity index is 2.01. The Hall–Kier alpha value is -2.10. The molecule has 0 fully saturated rings. The number of nitrogens with one attached hydrogen (secondary N) is 1. The predicted octanol–water partition coefficient (Wildman–Crippen LogP) is 1.91. The zero-order valence-electron chi connectivity index (χ0n) is 9.97. The second-order valence-electron chi connectivity index (χ2n) is 3.99. The Morgan fingerprint density at radius 1 is 1.35 bits per heavy atom. The Morgan fingerprint density at radius 3 is 2.65 bits per heavy atom. The Labute approximate surface area is 100 Å². The first-order valence-electron chi connectivity index (χ1n) is 5.49. The first kappa shape index (κ1) is 11.4. The number of amides is 1. The van der Waals surface area contributed by atoms with Crippen molar-refractivity contribution in [3.63, 3.8) is 0 Å². The molecule has 88 valence electrons. The largest absolute Gasteiger partial charge is 0.326 e. The van der Waals surface area contributed by atoms with Crippen LogP contribution in [0.25, 0.3) is 0 Å². The van der Waals surface area contributed by atoms with Gasteiger partial charge < -0.3 is 5.32 Å². The third-order valence-electron chi connectivity index (χ3n) is 2.50. The molecule has 0 radical (unpaired) electrons. The number of rotatable bonds is 3. The van der Waals surface area contributed by atoms with E-state index in [1.165, 1.54) is 0 Å². The second kappa shape index (κ2) is 4.82. The van der Waals surface area contributed by atoms with E-state index in [2.05, 4.69) is 10.4 Å². The van der Waals surface area contributed by atoms with Crippen LogP contribution in [0.15, 0.2) is 36.4 Å². The zero-order chi connectivity index (χ0) is 12.3. The molecule has 0 saturated heterocycles.